The third-order valence-electron chi connectivity index (χ3n) is 3.76. The van der Waals surface area contributed by atoms with Gasteiger partial charge in [0.1, 0.15) is 0 Å². The molecule has 4 atom stereocenters. The van der Waals surface area contributed by atoms with Crippen LogP contribution in [0.5, 0.6) is 0 Å². The van der Waals surface area contributed by atoms with Crippen LogP contribution in [0.3, 0.4) is 0 Å². The molecular formula is C12H22N2O3. The van der Waals surface area contributed by atoms with Gasteiger partial charge in [-0.15, -0.1) is 0 Å². The van der Waals surface area contributed by atoms with Crippen LogP contribution in [0, 0.1) is 5.92 Å². The van der Waals surface area contributed by atoms with Crippen LogP contribution in [-0.2, 0) is 4.74 Å². The highest BCUT2D eigenvalue weighted by Crippen LogP contribution is 2.24. The molecule has 2 fully saturated rings. The van der Waals surface area contributed by atoms with Gasteiger partial charge in [0, 0.05) is 13.2 Å². The van der Waals surface area contributed by atoms with Crippen molar-refractivity contribution in [2.24, 2.45) is 5.92 Å². The van der Waals surface area contributed by atoms with Crippen LogP contribution in [0.4, 0.5) is 4.79 Å². The minimum absolute atomic E-state index is 0.106. The van der Waals surface area contributed by atoms with E-state index in [-0.39, 0.29) is 24.3 Å². The molecule has 0 spiro atoms. The van der Waals surface area contributed by atoms with Crippen molar-refractivity contribution in [2.75, 3.05) is 13.2 Å². The van der Waals surface area contributed by atoms with Crippen LogP contribution >= 0.6 is 0 Å². The van der Waals surface area contributed by atoms with E-state index < -0.39 is 0 Å². The van der Waals surface area contributed by atoms with E-state index in [0.29, 0.717) is 12.5 Å². The van der Waals surface area contributed by atoms with E-state index in [0.717, 1.165) is 32.3 Å². The summed E-state index contributed by atoms with van der Waals surface area (Å²) < 4.78 is 5.38. The third kappa shape index (κ3) is 3.57. The summed E-state index contributed by atoms with van der Waals surface area (Å²) in [5.74, 6) is 0.424. The summed E-state index contributed by atoms with van der Waals surface area (Å²) in [6, 6.07) is 0.0120. The zero-order chi connectivity index (χ0) is 12.3. The molecule has 98 valence electrons. The van der Waals surface area contributed by atoms with Crippen LogP contribution in [0.2, 0.25) is 0 Å². The predicted molar refractivity (Wildman–Crippen MR) is 63.7 cm³/mol. The summed E-state index contributed by atoms with van der Waals surface area (Å²) in [6.07, 6.45) is 3.49. The number of hydrogen-bond acceptors (Lipinski definition) is 3. The Morgan fingerprint density at radius 1 is 1.41 bits per heavy atom. The Labute approximate surface area is 102 Å². The first-order chi connectivity index (χ1) is 8.15. The average Bonchev–Trinajstić information content (AvgIpc) is 2.86. The first kappa shape index (κ1) is 12.6. The Balaban J connectivity index is 1.64. The fourth-order valence-electron chi connectivity index (χ4n) is 2.61. The molecule has 3 N–H and O–H groups in total. The molecule has 2 aliphatic rings. The van der Waals surface area contributed by atoms with Gasteiger partial charge < -0.3 is 20.5 Å². The molecule has 0 radical (unpaired) electrons. The van der Waals surface area contributed by atoms with Crippen molar-refractivity contribution < 1.29 is 14.6 Å². The Kier molecular flexibility index (Phi) is 4.23. The largest absolute Gasteiger partial charge is 0.393 e. The molecule has 2 amide bonds. The lowest BCUT2D eigenvalue weighted by molar-refractivity contribution is 0.114. The third-order valence-corrected chi connectivity index (χ3v) is 3.76. The molecule has 17 heavy (non-hydrogen) atoms. The molecule has 1 heterocycles. The number of nitrogens with one attached hydrogen (secondary N) is 2. The minimum atomic E-state index is -0.173. The number of hydrogen-bond donors (Lipinski definition) is 3. The number of ether oxygens (including phenoxy) is 1. The van der Waals surface area contributed by atoms with Crippen LogP contribution in [0.15, 0.2) is 0 Å². The van der Waals surface area contributed by atoms with E-state index in [1.165, 1.54) is 0 Å². The second-order valence-corrected chi connectivity index (χ2v) is 5.16. The molecular weight excluding hydrogens is 220 g/mol. The number of rotatable bonds is 3. The maximum atomic E-state index is 11.6. The molecule has 1 saturated heterocycles. The van der Waals surface area contributed by atoms with Gasteiger partial charge in [-0.25, -0.2) is 4.79 Å². The number of aliphatic hydroxyl groups excluding tert-OH is 1. The second-order valence-electron chi connectivity index (χ2n) is 5.16. The quantitative estimate of drug-likeness (QED) is 0.679. The lowest BCUT2D eigenvalue weighted by atomic mass is 10.1. The van der Waals surface area contributed by atoms with E-state index >= 15 is 0 Å². The molecule has 5 heteroatoms. The zero-order valence-electron chi connectivity index (χ0n) is 10.3. The Hall–Kier alpha value is -0.810. The van der Waals surface area contributed by atoms with Gasteiger partial charge in [0.15, 0.2) is 0 Å². The standard InChI is InChI=1S/C12H22N2O3/c1-8-11(4-5-17-8)14-12(16)13-7-9-2-3-10(15)6-9/h8-11,15H,2-7H2,1H3,(H2,13,14,16)/t8-,9-,10+,11-/m0/s1. The number of carbonyl (C=O) groups is 1. The first-order valence-electron chi connectivity index (χ1n) is 6.49. The highest BCUT2D eigenvalue weighted by atomic mass is 16.5. The molecule has 2 rings (SSSR count). The molecule has 1 aliphatic carbocycles. The van der Waals surface area contributed by atoms with Gasteiger partial charge in [0.05, 0.1) is 18.2 Å². The van der Waals surface area contributed by atoms with Crippen LogP contribution in [-0.4, -0.2) is 42.5 Å². The van der Waals surface area contributed by atoms with Gasteiger partial charge in [-0.3, -0.25) is 0 Å². The summed E-state index contributed by atoms with van der Waals surface area (Å²) in [5.41, 5.74) is 0. The zero-order valence-corrected chi connectivity index (χ0v) is 10.3. The summed E-state index contributed by atoms with van der Waals surface area (Å²) in [7, 11) is 0. The van der Waals surface area contributed by atoms with Crippen molar-refractivity contribution in [3.8, 4) is 0 Å². The fraction of sp³-hybridized carbons (Fsp3) is 0.917. The van der Waals surface area contributed by atoms with E-state index in [2.05, 4.69) is 10.6 Å². The van der Waals surface area contributed by atoms with Crippen molar-refractivity contribution in [3.05, 3.63) is 0 Å². The minimum Gasteiger partial charge on any atom is -0.393 e. The van der Waals surface area contributed by atoms with Crippen molar-refractivity contribution in [1.29, 1.82) is 0 Å². The van der Waals surface area contributed by atoms with Gasteiger partial charge in [-0.05, 0) is 38.5 Å². The van der Waals surface area contributed by atoms with Gasteiger partial charge in [-0.1, -0.05) is 0 Å². The monoisotopic (exact) mass is 242 g/mol. The molecule has 0 aromatic carbocycles. The fourth-order valence-corrected chi connectivity index (χ4v) is 2.61. The van der Waals surface area contributed by atoms with E-state index in [4.69, 9.17) is 4.74 Å². The van der Waals surface area contributed by atoms with Crippen molar-refractivity contribution >= 4 is 6.03 Å². The highest BCUT2D eigenvalue weighted by Gasteiger charge is 2.26. The number of carbonyl (C=O) groups excluding carboxylic acids is 1. The number of aliphatic hydroxyl groups is 1. The Morgan fingerprint density at radius 3 is 2.82 bits per heavy atom. The second kappa shape index (κ2) is 5.69. The lowest BCUT2D eigenvalue weighted by Crippen LogP contribution is -2.46. The van der Waals surface area contributed by atoms with E-state index in [9.17, 15) is 9.90 Å². The van der Waals surface area contributed by atoms with Crippen molar-refractivity contribution in [1.82, 2.24) is 10.6 Å². The van der Waals surface area contributed by atoms with E-state index in [1.807, 2.05) is 6.92 Å². The van der Waals surface area contributed by atoms with Crippen LogP contribution < -0.4 is 10.6 Å². The predicted octanol–water partition coefficient (Wildman–Crippen LogP) is 0.624. The van der Waals surface area contributed by atoms with Gasteiger partial charge >= 0.3 is 6.03 Å². The highest BCUT2D eigenvalue weighted by molar-refractivity contribution is 5.74. The number of urea groups is 1. The Bertz CT molecular complexity index is 272. The van der Waals surface area contributed by atoms with Gasteiger partial charge in [-0.2, -0.15) is 0 Å². The molecule has 0 bridgehead atoms. The van der Waals surface area contributed by atoms with Crippen LogP contribution in [0.25, 0.3) is 0 Å². The summed E-state index contributed by atoms with van der Waals surface area (Å²) >= 11 is 0. The molecule has 0 aromatic rings. The lowest BCUT2D eigenvalue weighted by Gasteiger charge is -2.17. The Morgan fingerprint density at radius 2 is 2.24 bits per heavy atom. The van der Waals surface area contributed by atoms with Gasteiger partial charge in [0.25, 0.3) is 0 Å². The maximum Gasteiger partial charge on any atom is 0.315 e. The summed E-state index contributed by atoms with van der Waals surface area (Å²) in [4.78, 5) is 11.6. The van der Waals surface area contributed by atoms with Crippen LogP contribution in [0.1, 0.15) is 32.6 Å². The smallest absolute Gasteiger partial charge is 0.315 e. The van der Waals surface area contributed by atoms with E-state index in [1.54, 1.807) is 0 Å². The molecule has 1 saturated carbocycles. The summed E-state index contributed by atoms with van der Waals surface area (Å²) in [6.45, 7) is 3.36. The maximum absolute atomic E-state index is 11.6. The molecule has 0 aromatic heterocycles. The van der Waals surface area contributed by atoms with Crippen molar-refractivity contribution in [3.63, 3.8) is 0 Å². The number of amides is 2. The summed E-state index contributed by atoms with van der Waals surface area (Å²) in [5, 5.41) is 15.2. The normalized spacial score (nSPS) is 37.1. The topological polar surface area (TPSA) is 70.6 Å². The molecule has 1 aliphatic heterocycles. The first-order valence-corrected chi connectivity index (χ1v) is 6.49. The average molecular weight is 242 g/mol. The van der Waals surface area contributed by atoms with Gasteiger partial charge in [0.2, 0.25) is 0 Å². The molecule has 0 unspecified atom stereocenters. The SMILES string of the molecule is C[C@@H]1OCC[C@@H]1NC(=O)NC[C@H]1CC[C@@H](O)C1. The van der Waals surface area contributed by atoms with Crippen molar-refractivity contribution in [2.45, 2.75) is 50.9 Å². The molecule has 5 nitrogen and oxygen atoms in total.